The Hall–Kier alpha value is -2.77. The molecule has 0 spiro atoms. The molecule has 2 aromatic rings. The molecule has 4 rings (SSSR count). The Labute approximate surface area is 164 Å². The number of amides is 1. The van der Waals surface area contributed by atoms with Crippen molar-refractivity contribution in [1.82, 2.24) is 10.7 Å². The van der Waals surface area contributed by atoms with Crippen LogP contribution in [0.4, 0.5) is 5.69 Å². The number of anilines is 1. The number of hydrazine groups is 1. The van der Waals surface area contributed by atoms with Gasteiger partial charge in [-0.05, 0) is 42.7 Å². The molecule has 7 heteroatoms. The first-order valence-corrected chi connectivity index (χ1v) is 9.37. The van der Waals surface area contributed by atoms with Crippen molar-refractivity contribution in [2.75, 3.05) is 26.3 Å². The Balaban J connectivity index is 1.57. The number of piperidine rings is 1. The molecule has 148 valence electrons. The molecule has 0 aromatic heterocycles. The Bertz CT molecular complexity index is 833. The molecule has 0 radical (unpaired) electrons. The maximum atomic E-state index is 12.8. The fourth-order valence-electron chi connectivity index (χ4n) is 4.04. The lowest BCUT2D eigenvalue weighted by molar-refractivity contribution is -0.121. The van der Waals surface area contributed by atoms with Crippen molar-refractivity contribution in [3.63, 3.8) is 0 Å². The number of methoxy groups -OCH3 is 3. The molecule has 2 aromatic carbocycles. The molecule has 2 heterocycles. The minimum absolute atomic E-state index is 0.0750. The van der Waals surface area contributed by atoms with Crippen LogP contribution in [0.2, 0.25) is 0 Å². The number of nitrogens with zero attached hydrogens (tertiary/aromatic N) is 1. The summed E-state index contributed by atoms with van der Waals surface area (Å²) in [6.45, 7) is 0. The third-order valence-electron chi connectivity index (χ3n) is 5.46. The van der Waals surface area contributed by atoms with E-state index in [0.717, 1.165) is 24.1 Å². The number of hydrogen-bond donors (Lipinski definition) is 2. The van der Waals surface area contributed by atoms with Gasteiger partial charge in [-0.2, -0.15) is 0 Å². The van der Waals surface area contributed by atoms with Crippen molar-refractivity contribution < 1.29 is 19.0 Å². The first-order valence-electron chi connectivity index (χ1n) is 9.37. The number of rotatable bonds is 5. The molecular formula is C21H25N3O4. The minimum Gasteiger partial charge on any atom is -0.493 e. The molecule has 7 nitrogen and oxygen atoms in total. The molecule has 0 bridgehead atoms. The zero-order valence-electron chi connectivity index (χ0n) is 16.3. The van der Waals surface area contributed by atoms with Crippen molar-refractivity contribution in [3.8, 4) is 17.2 Å². The molecule has 2 N–H and O–H groups in total. The van der Waals surface area contributed by atoms with E-state index in [9.17, 15) is 4.79 Å². The molecule has 1 amide bonds. The lowest BCUT2D eigenvalue weighted by Gasteiger charge is -2.32. The third-order valence-corrected chi connectivity index (χ3v) is 5.46. The Kier molecular flexibility index (Phi) is 5.11. The second kappa shape index (κ2) is 7.69. The van der Waals surface area contributed by atoms with E-state index in [1.807, 2.05) is 42.5 Å². The Morgan fingerprint density at radius 3 is 2.25 bits per heavy atom. The number of fused-ring (bicyclic) bond motifs is 1. The van der Waals surface area contributed by atoms with Crippen LogP contribution in [0, 0.1) is 5.92 Å². The predicted octanol–water partition coefficient (Wildman–Crippen LogP) is 2.63. The van der Waals surface area contributed by atoms with Crippen LogP contribution in [-0.2, 0) is 4.79 Å². The lowest BCUT2D eigenvalue weighted by Crippen LogP contribution is -2.49. The standard InChI is InChI=1S/C21H25N3O4/c1-26-17-11-13(12-18(27-2)19(17)28-3)16-10-9-15-20(22-16)23-24(21(15)25)14-7-5-4-6-8-14/h4-8,11-12,15-16,20,22-23H,9-10H2,1-3H3. The molecule has 2 aliphatic heterocycles. The highest BCUT2D eigenvalue weighted by Crippen LogP contribution is 2.42. The number of benzene rings is 2. The largest absolute Gasteiger partial charge is 0.493 e. The molecule has 28 heavy (non-hydrogen) atoms. The first kappa shape index (κ1) is 18.6. The maximum Gasteiger partial charge on any atom is 0.247 e. The number of carbonyl (C=O) groups is 1. The minimum atomic E-state index is -0.120. The molecular weight excluding hydrogens is 358 g/mol. The van der Waals surface area contributed by atoms with E-state index in [2.05, 4.69) is 10.7 Å². The summed E-state index contributed by atoms with van der Waals surface area (Å²) in [5, 5.41) is 5.23. The van der Waals surface area contributed by atoms with Gasteiger partial charge in [0.25, 0.3) is 0 Å². The van der Waals surface area contributed by atoms with Gasteiger partial charge in [0, 0.05) is 6.04 Å². The van der Waals surface area contributed by atoms with Crippen molar-refractivity contribution in [2.24, 2.45) is 5.92 Å². The summed E-state index contributed by atoms with van der Waals surface area (Å²) in [5.41, 5.74) is 5.22. The van der Waals surface area contributed by atoms with Gasteiger partial charge in [0.1, 0.15) is 0 Å². The second-order valence-corrected chi connectivity index (χ2v) is 6.98. The van der Waals surface area contributed by atoms with Crippen LogP contribution in [0.1, 0.15) is 24.4 Å². The summed E-state index contributed by atoms with van der Waals surface area (Å²) >= 11 is 0. The second-order valence-electron chi connectivity index (χ2n) is 6.98. The van der Waals surface area contributed by atoms with E-state index in [0.29, 0.717) is 17.2 Å². The Morgan fingerprint density at radius 1 is 0.964 bits per heavy atom. The van der Waals surface area contributed by atoms with E-state index in [1.54, 1.807) is 26.3 Å². The molecule has 2 fully saturated rings. The molecule has 3 unspecified atom stereocenters. The molecule has 0 aliphatic carbocycles. The summed E-state index contributed by atoms with van der Waals surface area (Å²) in [7, 11) is 4.82. The van der Waals surface area contributed by atoms with Crippen LogP contribution in [0.3, 0.4) is 0 Å². The fourth-order valence-corrected chi connectivity index (χ4v) is 4.04. The van der Waals surface area contributed by atoms with E-state index < -0.39 is 0 Å². The predicted molar refractivity (Wildman–Crippen MR) is 106 cm³/mol. The number of para-hydroxylation sites is 1. The van der Waals surface area contributed by atoms with Gasteiger partial charge in [-0.15, -0.1) is 0 Å². The smallest absolute Gasteiger partial charge is 0.247 e. The SMILES string of the molecule is COc1cc(C2CCC3C(=O)N(c4ccccc4)NC3N2)cc(OC)c1OC. The Morgan fingerprint density at radius 2 is 1.64 bits per heavy atom. The van der Waals surface area contributed by atoms with Gasteiger partial charge in [0.15, 0.2) is 11.5 Å². The van der Waals surface area contributed by atoms with Gasteiger partial charge in [0.05, 0.1) is 39.1 Å². The van der Waals surface area contributed by atoms with Crippen molar-refractivity contribution in [1.29, 1.82) is 0 Å². The maximum absolute atomic E-state index is 12.8. The van der Waals surface area contributed by atoms with Crippen LogP contribution >= 0.6 is 0 Å². The normalized spacial score (nSPS) is 24.0. The summed E-state index contributed by atoms with van der Waals surface area (Å²) < 4.78 is 16.4. The van der Waals surface area contributed by atoms with E-state index in [1.165, 1.54) is 0 Å². The highest BCUT2D eigenvalue weighted by molar-refractivity contribution is 5.96. The van der Waals surface area contributed by atoms with Crippen LogP contribution < -0.4 is 30.0 Å². The molecule has 2 saturated heterocycles. The van der Waals surface area contributed by atoms with E-state index >= 15 is 0 Å². The highest BCUT2D eigenvalue weighted by atomic mass is 16.5. The van der Waals surface area contributed by atoms with E-state index in [4.69, 9.17) is 14.2 Å². The highest BCUT2D eigenvalue weighted by Gasteiger charge is 2.44. The molecule has 2 aliphatic rings. The summed E-state index contributed by atoms with van der Waals surface area (Å²) in [6, 6.07) is 13.7. The van der Waals surface area contributed by atoms with Crippen LogP contribution in [0.5, 0.6) is 17.2 Å². The van der Waals surface area contributed by atoms with Crippen molar-refractivity contribution in [2.45, 2.75) is 25.0 Å². The lowest BCUT2D eigenvalue weighted by atomic mass is 9.88. The van der Waals surface area contributed by atoms with Crippen LogP contribution in [-0.4, -0.2) is 33.4 Å². The first-order chi connectivity index (χ1) is 13.7. The third kappa shape index (κ3) is 3.16. The number of nitrogens with one attached hydrogen (secondary N) is 2. The number of carbonyl (C=O) groups excluding carboxylic acids is 1. The summed E-state index contributed by atoms with van der Waals surface area (Å²) in [5.74, 6) is 1.85. The summed E-state index contributed by atoms with van der Waals surface area (Å²) in [4.78, 5) is 12.8. The van der Waals surface area contributed by atoms with Crippen LogP contribution in [0.15, 0.2) is 42.5 Å². The number of hydrogen-bond acceptors (Lipinski definition) is 6. The molecule has 3 atom stereocenters. The van der Waals surface area contributed by atoms with Crippen molar-refractivity contribution in [3.05, 3.63) is 48.0 Å². The van der Waals surface area contributed by atoms with Gasteiger partial charge in [0.2, 0.25) is 11.7 Å². The van der Waals surface area contributed by atoms with Crippen LogP contribution in [0.25, 0.3) is 0 Å². The topological polar surface area (TPSA) is 72.1 Å². The van der Waals surface area contributed by atoms with Gasteiger partial charge >= 0.3 is 0 Å². The average molecular weight is 383 g/mol. The monoisotopic (exact) mass is 383 g/mol. The van der Waals surface area contributed by atoms with Crippen molar-refractivity contribution >= 4 is 11.6 Å². The zero-order valence-corrected chi connectivity index (χ0v) is 16.3. The quantitative estimate of drug-likeness (QED) is 0.827. The zero-order chi connectivity index (χ0) is 19.7. The van der Waals surface area contributed by atoms with E-state index in [-0.39, 0.29) is 24.0 Å². The van der Waals surface area contributed by atoms with Gasteiger partial charge < -0.3 is 14.2 Å². The van der Waals surface area contributed by atoms with Gasteiger partial charge in [-0.25, -0.2) is 10.4 Å². The fraction of sp³-hybridized carbons (Fsp3) is 0.381. The van der Waals surface area contributed by atoms with Gasteiger partial charge in [-0.1, -0.05) is 18.2 Å². The number of ether oxygens (including phenoxy) is 3. The molecule has 0 saturated carbocycles. The average Bonchev–Trinajstić information content (AvgIpc) is 3.09. The van der Waals surface area contributed by atoms with Gasteiger partial charge in [-0.3, -0.25) is 10.1 Å². The summed E-state index contributed by atoms with van der Waals surface area (Å²) in [6.07, 6.45) is 1.52.